The van der Waals surface area contributed by atoms with Gasteiger partial charge in [0.05, 0.1) is 11.8 Å². The average Bonchev–Trinajstić information content (AvgIpc) is 2.52. The number of aliphatic hydroxyl groups is 1. The number of para-hydroxylation sites is 2. The largest absolute Gasteiger partial charge is 0.506 e. The maximum Gasteiger partial charge on any atom is 0.138 e. The predicted molar refractivity (Wildman–Crippen MR) is 91.9 cm³/mol. The first-order chi connectivity index (χ1) is 10.1. The highest BCUT2D eigenvalue weighted by Gasteiger charge is 1.99. The quantitative estimate of drug-likeness (QED) is 0.387. The molecule has 0 aliphatic heterocycles. The second-order valence-corrected chi connectivity index (χ2v) is 5.11. The second-order valence-electron chi connectivity index (χ2n) is 5.11. The summed E-state index contributed by atoms with van der Waals surface area (Å²) >= 11 is 0. The standard InChI is InChI=1S/C11H17NO.C7H14O/c1-2-3-6-9-12-10-7-4-5-8-11(10)13;1-4-6(3)7(8)5-2/h4-5,7-8,12-13H,2-3,6,9H2,1H3;4,7-8H,5H2,1-3H3. The number of allylic oxidation sites excluding steroid dienone is 1. The van der Waals surface area contributed by atoms with Gasteiger partial charge in [-0.15, -0.1) is 0 Å². The molecular formula is C18H31NO2. The van der Waals surface area contributed by atoms with Crippen molar-refractivity contribution in [2.75, 3.05) is 11.9 Å². The van der Waals surface area contributed by atoms with Crippen molar-refractivity contribution in [3.8, 4) is 5.75 Å². The van der Waals surface area contributed by atoms with Crippen LogP contribution in [0.3, 0.4) is 0 Å². The zero-order chi connectivity index (χ0) is 16.1. The number of rotatable bonds is 7. The maximum atomic E-state index is 9.40. The molecule has 0 radical (unpaired) electrons. The lowest BCUT2D eigenvalue weighted by atomic mass is 10.1. The van der Waals surface area contributed by atoms with Crippen LogP contribution in [0.2, 0.25) is 0 Å². The van der Waals surface area contributed by atoms with E-state index in [2.05, 4.69) is 12.2 Å². The van der Waals surface area contributed by atoms with Crippen molar-refractivity contribution in [1.29, 1.82) is 0 Å². The summed E-state index contributed by atoms with van der Waals surface area (Å²) in [5, 5.41) is 21.7. The van der Waals surface area contributed by atoms with Gasteiger partial charge >= 0.3 is 0 Å². The summed E-state index contributed by atoms with van der Waals surface area (Å²) in [6, 6.07) is 7.33. The van der Waals surface area contributed by atoms with Gasteiger partial charge in [0, 0.05) is 6.54 Å². The number of unbranched alkanes of at least 4 members (excludes halogenated alkanes) is 2. The van der Waals surface area contributed by atoms with E-state index >= 15 is 0 Å². The van der Waals surface area contributed by atoms with E-state index in [1.165, 1.54) is 12.8 Å². The van der Waals surface area contributed by atoms with Gasteiger partial charge < -0.3 is 15.5 Å². The Morgan fingerprint density at radius 2 is 1.90 bits per heavy atom. The van der Waals surface area contributed by atoms with Crippen LogP contribution in [0.5, 0.6) is 5.75 Å². The summed E-state index contributed by atoms with van der Waals surface area (Å²) in [5.41, 5.74) is 1.89. The number of benzene rings is 1. The van der Waals surface area contributed by atoms with Gasteiger partial charge in [-0.05, 0) is 44.4 Å². The molecule has 1 atom stereocenters. The van der Waals surface area contributed by atoms with E-state index < -0.39 is 0 Å². The van der Waals surface area contributed by atoms with Crippen molar-refractivity contribution in [2.24, 2.45) is 0 Å². The monoisotopic (exact) mass is 293 g/mol. The van der Waals surface area contributed by atoms with E-state index in [1.807, 2.05) is 45.0 Å². The van der Waals surface area contributed by atoms with Gasteiger partial charge in [-0.2, -0.15) is 0 Å². The molecule has 0 saturated carbocycles. The van der Waals surface area contributed by atoms with Crippen molar-refractivity contribution in [3.63, 3.8) is 0 Å². The van der Waals surface area contributed by atoms with Gasteiger partial charge in [0.1, 0.15) is 5.75 Å². The van der Waals surface area contributed by atoms with E-state index in [0.717, 1.165) is 30.6 Å². The van der Waals surface area contributed by atoms with Crippen LogP contribution < -0.4 is 5.32 Å². The zero-order valence-corrected chi connectivity index (χ0v) is 13.9. The van der Waals surface area contributed by atoms with Crippen molar-refractivity contribution >= 4 is 5.69 Å². The normalized spacial score (nSPS) is 12.3. The van der Waals surface area contributed by atoms with Gasteiger partial charge in [-0.25, -0.2) is 0 Å². The molecule has 1 aromatic rings. The molecular weight excluding hydrogens is 262 g/mol. The van der Waals surface area contributed by atoms with Crippen LogP contribution in [0, 0.1) is 0 Å². The number of anilines is 1. The minimum atomic E-state index is -0.222. The van der Waals surface area contributed by atoms with E-state index in [-0.39, 0.29) is 6.10 Å². The van der Waals surface area contributed by atoms with Crippen LogP contribution in [0.25, 0.3) is 0 Å². The van der Waals surface area contributed by atoms with E-state index in [0.29, 0.717) is 5.75 Å². The third kappa shape index (κ3) is 9.14. The van der Waals surface area contributed by atoms with Crippen LogP contribution in [-0.2, 0) is 0 Å². The Morgan fingerprint density at radius 1 is 1.24 bits per heavy atom. The molecule has 0 saturated heterocycles. The summed E-state index contributed by atoms with van der Waals surface area (Å²) in [6.07, 6.45) is 6.15. The molecule has 0 aliphatic rings. The van der Waals surface area contributed by atoms with E-state index in [9.17, 15) is 5.11 Å². The highest BCUT2D eigenvalue weighted by Crippen LogP contribution is 2.21. The molecule has 1 rings (SSSR count). The molecule has 0 heterocycles. The minimum Gasteiger partial charge on any atom is -0.506 e. The van der Waals surface area contributed by atoms with Crippen LogP contribution >= 0.6 is 0 Å². The Morgan fingerprint density at radius 3 is 2.38 bits per heavy atom. The van der Waals surface area contributed by atoms with Gasteiger partial charge in [-0.1, -0.05) is 44.9 Å². The molecule has 1 aromatic carbocycles. The van der Waals surface area contributed by atoms with Gasteiger partial charge in [-0.3, -0.25) is 0 Å². The highest BCUT2D eigenvalue weighted by atomic mass is 16.3. The smallest absolute Gasteiger partial charge is 0.138 e. The van der Waals surface area contributed by atoms with Crippen molar-refractivity contribution in [3.05, 3.63) is 35.9 Å². The van der Waals surface area contributed by atoms with Crippen LogP contribution in [0.4, 0.5) is 5.69 Å². The lowest BCUT2D eigenvalue weighted by molar-refractivity contribution is 0.206. The minimum absolute atomic E-state index is 0.222. The molecule has 3 N–H and O–H groups in total. The summed E-state index contributed by atoms with van der Waals surface area (Å²) in [6.45, 7) is 8.96. The Balaban J connectivity index is 0.000000433. The topological polar surface area (TPSA) is 52.5 Å². The number of aromatic hydroxyl groups is 1. The number of hydrogen-bond acceptors (Lipinski definition) is 3. The van der Waals surface area contributed by atoms with Crippen LogP contribution in [0.1, 0.15) is 53.4 Å². The molecule has 0 aliphatic carbocycles. The Kier molecular flexibility index (Phi) is 11.4. The third-order valence-corrected chi connectivity index (χ3v) is 3.37. The molecule has 3 nitrogen and oxygen atoms in total. The lowest BCUT2D eigenvalue weighted by Crippen LogP contribution is -2.04. The molecule has 3 heteroatoms. The third-order valence-electron chi connectivity index (χ3n) is 3.37. The summed E-state index contributed by atoms with van der Waals surface area (Å²) in [4.78, 5) is 0. The Labute approximate surface area is 129 Å². The maximum absolute atomic E-state index is 9.40. The first kappa shape index (κ1) is 19.5. The van der Waals surface area contributed by atoms with Crippen molar-refractivity contribution in [2.45, 2.75) is 59.5 Å². The van der Waals surface area contributed by atoms with Crippen LogP contribution in [0.15, 0.2) is 35.9 Å². The highest BCUT2D eigenvalue weighted by molar-refractivity contribution is 5.54. The SMILES string of the molecule is CC=C(C)C(O)CC.CCCCCNc1ccccc1O. The van der Waals surface area contributed by atoms with Gasteiger partial charge in [0.15, 0.2) is 0 Å². The fraction of sp³-hybridized carbons (Fsp3) is 0.556. The Bertz CT molecular complexity index is 402. The molecule has 21 heavy (non-hydrogen) atoms. The summed E-state index contributed by atoms with van der Waals surface area (Å²) in [7, 11) is 0. The summed E-state index contributed by atoms with van der Waals surface area (Å²) < 4.78 is 0. The first-order valence-corrected chi connectivity index (χ1v) is 7.89. The van der Waals surface area contributed by atoms with E-state index in [1.54, 1.807) is 6.07 Å². The number of aliphatic hydroxyl groups excluding tert-OH is 1. The molecule has 0 aromatic heterocycles. The molecule has 0 bridgehead atoms. The lowest BCUT2D eigenvalue weighted by Gasteiger charge is -2.06. The van der Waals surface area contributed by atoms with Gasteiger partial charge in [0.25, 0.3) is 0 Å². The van der Waals surface area contributed by atoms with E-state index in [4.69, 9.17) is 5.11 Å². The van der Waals surface area contributed by atoms with Gasteiger partial charge in [0.2, 0.25) is 0 Å². The second kappa shape index (κ2) is 12.3. The zero-order valence-electron chi connectivity index (χ0n) is 13.9. The fourth-order valence-corrected chi connectivity index (χ4v) is 1.74. The van der Waals surface area contributed by atoms with Crippen molar-refractivity contribution < 1.29 is 10.2 Å². The predicted octanol–water partition coefficient (Wildman–Crippen LogP) is 4.72. The average molecular weight is 293 g/mol. The number of phenolic OH excluding ortho intramolecular Hbond substituents is 1. The number of hydrogen-bond donors (Lipinski definition) is 3. The molecule has 0 amide bonds. The summed E-state index contributed by atoms with van der Waals surface area (Å²) in [5.74, 6) is 0.332. The van der Waals surface area contributed by atoms with Crippen LogP contribution in [-0.4, -0.2) is 22.9 Å². The van der Waals surface area contributed by atoms with Crippen molar-refractivity contribution in [1.82, 2.24) is 0 Å². The Hall–Kier alpha value is -1.48. The molecule has 0 fully saturated rings. The first-order valence-electron chi connectivity index (χ1n) is 7.89. The number of phenols is 1. The molecule has 1 unspecified atom stereocenters. The number of nitrogens with one attached hydrogen (secondary N) is 1. The molecule has 120 valence electrons. The fourth-order valence-electron chi connectivity index (χ4n) is 1.74. The molecule has 0 spiro atoms.